The van der Waals surface area contributed by atoms with Gasteiger partial charge in [-0.1, -0.05) is 30.0 Å². The summed E-state index contributed by atoms with van der Waals surface area (Å²) in [4.78, 5) is 35.9. The van der Waals surface area contributed by atoms with Crippen LogP contribution in [0.5, 0.6) is 0 Å². The molecular formula is C16H17N3O3S. The lowest BCUT2D eigenvalue weighted by atomic mass is 10.2. The van der Waals surface area contributed by atoms with Crippen LogP contribution in [0, 0.1) is 0 Å². The van der Waals surface area contributed by atoms with Crippen LogP contribution in [-0.4, -0.2) is 45.4 Å². The quantitative estimate of drug-likeness (QED) is 0.877. The number of thioether (sulfide) groups is 1. The van der Waals surface area contributed by atoms with E-state index in [1.165, 1.54) is 4.90 Å². The average Bonchev–Trinajstić information content (AvgIpc) is 3.11. The summed E-state index contributed by atoms with van der Waals surface area (Å²) in [5, 5.41) is 3.67. The lowest BCUT2D eigenvalue weighted by molar-refractivity contribution is -0.125. The van der Waals surface area contributed by atoms with Crippen molar-refractivity contribution in [1.82, 2.24) is 14.8 Å². The molecule has 6 nitrogen and oxygen atoms in total. The highest BCUT2D eigenvalue weighted by Gasteiger charge is 2.29. The molecule has 1 saturated heterocycles. The third kappa shape index (κ3) is 3.56. The molecule has 0 atom stereocenters. The van der Waals surface area contributed by atoms with Crippen molar-refractivity contribution >= 4 is 39.7 Å². The molecule has 23 heavy (non-hydrogen) atoms. The maximum absolute atomic E-state index is 11.9. The van der Waals surface area contributed by atoms with Gasteiger partial charge in [-0.2, -0.15) is 0 Å². The molecule has 1 fully saturated rings. The second kappa shape index (κ2) is 6.87. The van der Waals surface area contributed by atoms with Gasteiger partial charge in [0.2, 0.25) is 11.8 Å². The molecule has 0 spiro atoms. The molecule has 0 bridgehead atoms. The number of nitrogens with zero attached hydrogens (tertiary/aromatic N) is 2. The van der Waals surface area contributed by atoms with Crippen LogP contribution in [0.25, 0.3) is 10.9 Å². The lowest BCUT2D eigenvalue weighted by Gasteiger charge is -2.13. The van der Waals surface area contributed by atoms with Gasteiger partial charge in [0.1, 0.15) is 0 Å². The number of benzene rings is 1. The Bertz CT molecular complexity index is 740. The van der Waals surface area contributed by atoms with Crippen molar-refractivity contribution in [3.8, 4) is 0 Å². The summed E-state index contributed by atoms with van der Waals surface area (Å²) < 4.78 is 2.04. The molecule has 3 rings (SSSR count). The number of aromatic nitrogens is 1. The van der Waals surface area contributed by atoms with Gasteiger partial charge in [-0.25, -0.2) is 0 Å². The van der Waals surface area contributed by atoms with Gasteiger partial charge < -0.3 is 9.88 Å². The Kier molecular flexibility index (Phi) is 4.66. The Morgan fingerprint density at radius 3 is 2.78 bits per heavy atom. The summed E-state index contributed by atoms with van der Waals surface area (Å²) >= 11 is 1.00. The molecular weight excluding hydrogens is 314 g/mol. The van der Waals surface area contributed by atoms with Gasteiger partial charge in [-0.05, 0) is 17.5 Å². The molecule has 1 N–H and O–H groups in total. The molecule has 7 heteroatoms. The number of aryl methyl sites for hydroxylation is 1. The second-order valence-corrected chi connectivity index (χ2v) is 6.19. The minimum Gasteiger partial charge on any atom is -0.354 e. The minimum absolute atomic E-state index is 0.0884. The average molecular weight is 331 g/mol. The van der Waals surface area contributed by atoms with Crippen LogP contribution in [0.15, 0.2) is 36.5 Å². The summed E-state index contributed by atoms with van der Waals surface area (Å²) in [5.41, 5.74) is 1.10. The number of fused-ring (bicyclic) bond motifs is 1. The number of hydrogen-bond donors (Lipinski definition) is 1. The molecule has 0 unspecified atom stereocenters. The van der Waals surface area contributed by atoms with E-state index in [1.54, 1.807) is 0 Å². The van der Waals surface area contributed by atoms with E-state index in [1.807, 2.05) is 41.1 Å². The van der Waals surface area contributed by atoms with E-state index in [4.69, 9.17) is 0 Å². The van der Waals surface area contributed by atoms with Crippen molar-refractivity contribution in [2.45, 2.75) is 13.0 Å². The summed E-state index contributed by atoms with van der Waals surface area (Å²) in [5.74, 6) is -0.0735. The number of amides is 3. The van der Waals surface area contributed by atoms with Crippen molar-refractivity contribution in [3.63, 3.8) is 0 Å². The number of para-hydroxylation sites is 1. The van der Waals surface area contributed by atoms with Gasteiger partial charge in [0.25, 0.3) is 5.24 Å². The second-order valence-electron chi connectivity index (χ2n) is 5.27. The summed E-state index contributed by atoms with van der Waals surface area (Å²) in [7, 11) is 0. The minimum atomic E-state index is -0.233. The molecule has 0 saturated carbocycles. The zero-order chi connectivity index (χ0) is 16.2. The predicted octanol–water partition coefficient (Wildman–Crippen LogP) is 1.84. The topological polar surface area (TPSA) is 71.4 Å². The highest BCUT2D eigenvalue weighted by molar-refractivity contribution is 8.14. The van der Waals surface area contributed by atoms with Gasteiger partial charge in [-0.15, -0.1) is 0 Å². The highest BCUT2D eigenvalue weighted by Crippen LogP contribution is 2.18. The summed E-state index contributed by atoms with van der Waals surface area (Å²) in [6, 6.07) is 10.0. The van der Waals surface area contributed by atoms with E-state index in [0.717, 1.165) is 22.7 Å². The molecule has 3 amide bonds. The zero-order valence-corrected chi connectivity index (χ0v) is 13.3. The SMILES string of the molecule is O=C(CCn1ccc2ccccc21)NCCN1C(=O)CSC1=O. The normalized spacial score (nSPS) is 14.7. The fourth-order valence-electron chi connectivity index (χ4n) is 2.55. The molecule has 1 aliphatic heterocycles. The zero-order valence-electron chi connectivity index (χ0n) is 12.5. The molecule has 0 aliphatic carbocycles. The third-order valence-electron chi connectivity index (χ3n) is 3.76. The smallest absolute Gasteiger partial charge is 0.288 e. The van der Waals surface area contributed by atoms with Crippen LogP contribution in [0.2, 0.25) is 0 Å². The van der Waals surface area contributed by atoms with Crippen LogP contribution in [0.4, 0.5) is 4.79 Å². The van der Waals surface area contributed by atoms with E-state index in [-0.39, 0.29) is 29.4 Å². The van der Waals surface area contributed by atoms with Crippen LogP contribution < -0.4 is 5.32 Å². The standard InChI is InChI=1S/C16H17N3O3S/c20-14(17-7-10-19-15(21)11-23-16(19)22)6-9-18-8-5-12-3-1-2-4-13(12)18/h1-5,8H,6-7,9-11H2,(H,17,20). The molecule has 2 aromatic rings. The van der Waals surface area contributed by atoms with Gasteiger partial charge in [0.15, 0.2) is 0 Å². The van der Waals surface area contributed by atoms with Gasteiger partial charge in [-0.3, -0.25) is 19.3 Å². The number of rotatable bonds is 6. The fourth-order valence-corrected chi connectivity index (χ4v) is 3.30. The third-order valence-corrected chi connectivity index (χ3v) is 4.62. The Morgan fingerprint density at radius 1 is 1.17 bits per heavy atom. The Labute approximate surface area is 137 Å². The van der Waals surface area contributed by atoms with Crippen molar-refractivity contribution in [1.29, 1.82) is 0 Å². The Balaban J connectivity index is 1.45. The predicted molar refractivity (Wildman–Crippen MR) is 89.1 cm³/mol. The van der Waals surface area contributed by atoms with Crippen LogP contribution in [-0.2, 0) is 16.1 Å². The van der Waals surface area contributed by atoms with Crippen molar-refractivity contribution < 1.29 is 14.4 Å². The molecule has 1 aromatic carbocycles. The van der Waals surface area contributed by atoms with E-state index in [0.29, 0.717) is 19.5 Å². The largest absolute Gasteiger partial charge is 0.354 e. The fraction of sp³-hybridized carbons (Fsp3) is 0.312. The van der Waals surface area contributed by atoms with Gasteiger partial charge in [0, 0.05) is 37.8 Å². The number of carbonyl (C=O) groups excluding carboxylic acids is 3. The van der Waals surface area contributed by atoms with Crippen molar-refractivity contribution in [2.24, 2.45) is 0 Å². The first-order chi connectivity index (χ1) is 11.1. The lowest BCUT2D eigenvalue weighted by Crippen LogP contribution is -2.37. The van der Waals surface area contributed by atoms with Crippen LogP contribution in [0.3, 0.4) is 0 Å². The number of carbonyl (C=O) groups is 3. The monoisotopic (exact) mass is 331 g/mol. The maximum Gasteiger partial charge on any atom is 0.288 e. The highest BCUT2D eigenvalue weighted by atomic mass is 32.2. The Morgan fingerprint density at radius 2 is 2.00 bits per heavy atom. The van der Waals surface area contributed by atoms with E-state index >= 15 is 0 Å². The van der Waals surface area contributed by atoms with Crippen LogP contribution in [0.1, 0.15) is 6.42 Å². The van der Waals surface area contributed by atoms with Gasteiger partial charge in [0.05, 0.1) is 5.75 Å². The van der Waals surface area contributed by atoms with Crippen molar-refractivity contribution in [3.05, 3.63) is 36.5 Å². The molecule has 1 aromatic heterocycles. The summed E-state index contributed by atoms with van der Waals surface area (Å²) in [6.07, 6.45) is 2.33. The Hall–Kier alpha value is -2.28. The van der Waals surface area contributed by atoms with E-state index in [2.05, 4.69) is 5.32 Å². The number of hydrogen-bond acceptors (Lipinski definition) is 4. The summed E-state index contributed by atoms with van der Waals surface area (Å²) in [6.45, 7) is 1.13. The van der Waals surface area contributed by atoms with Gasteiger partial charge >= 0.3 is 0 Å². The first-order valence-corrected chi connectivity index (χ1v) is 8.41. The number of nitrogens with one attached hydrogen (secondary N) is 1. The van der Waals surface area contributed by atoms with E-state index in [9.17, 15) is 14.4 Å². The first-order valence-electron chi connectivity index (χ1n) is 7.43. The molecule has 120 valence electrons. The van der Waals surface area contributed by atoms with Crippen LogP contribution >= 0.6 is 11.8 Å². The maximum atomic E-state index is 11.9. The molecule has 2 heterocycles. The molecule has 1 aliphatic rings. The first kappa shape index (κ1) is 15.6. The van der Waals surface area contributed by atoms with Crippen molar-refractivity contribution in [2.75, 3.05) is 18.8 Å². The number of imide groups is 1. The van der Waals surface area contributed by atoms with E-state index < -0.39 is 0 Å². The molecule has 0 radical (unpaired) electrons.